The molecule has 0 aliphatic carbocycles. The van der Waals surface area contributed by atoms with E-state index in [1.54, 1.807) is 0 Å². The first-order chi connectivity index (χ1) is 9.25. The number of rotatable bonds is 3. The molecule has 1 aromatic heterocycles. The van der Waals surface area contributed by atoms with Crippen molar-refractivity contribution >= 4 is 17.3 Å². The highest BCUT2D eigenvalue weighted by Gasteiger charge is 2.26. The van der Waals surface area contributed by atoms with Crippen molar-refractivity contribution in [2.45, 2.75) is 12.3 Å². The van der Waals surface area contributed by atoms with E-state index in [1.165, 1.54) is 11.3 Å². The molecule has 3 rings (SSSR count). The molecular weight excluding hydrogens is 262 g/mol. The number of carboxylic acid groups (broad SMARTS) is 1. The van der Waals surface area contributed by atoms with Crippen molar-refractivity contribution in [2.24, 2.45) is 0 Å². The topological polar surface area (TPSA) is 59.4 Å². The maximum Gasteiger partial charge on any atom is 0.356 e. The van der Waals surface area contributed by atoms with Gasteiger partial charge in [0, 0.05) is 12.5 Å². The average molecular weight is 275 g/mol. The minimum Gasteiger partial charge on any atom is -0.476 e. The maximum absolute atomic E-state index is 11.3. The summed E-state index contributed by atoms with van der Waals surface area (Å²) in [7, 11) is 0. The van der Waals surface area contributed by atoms with Crippen molar-refractivity contribution in [2.75, 3.05) is 13.2 Å². The van der Waals surface area contributed by atoms with Crippen LogP contribution in [0.1, 0.15) is 27.8 Å². The number of aromatic nitrogens is 1. The normalized spacial score (nSPS) is 18.6. The van der Waals surface area contributed by atoms with Gasteiger partial charge in [-0.2, -0.15) is 0 Å². The van der Waals surface area contributed by atoms with E-state index in [1.807, 2.05) is 30.3 Å². The predicted molar refractivity (Wildman–Crippen MR) is 72.7 cm³/mol. The van der Waals surface area contributed by atoms with Gasteiger partial charge in [0.2, 0.25) is 0 Å². The zero-order chi connectivity index (χ0) is 13.2. The Labute approximate surface area is 114 Å². The molecule has 4 nitrogen and oxygen atoms in total. The van der Waals surface area contributed by atoms with Gasteiger partial charge in [0.1, 0.15) is 0 Å². The van der Waals surface area contributed by atoms with E-state index in [0.717, 1.165) is 28.5 Å². The zero-order valence-corrected chi connectivity index (χ0v) is 11.0. The fourth-order valence-electron chi connectivity index (χ4n) is 2.17. The summed E-state index contributed by atoms with van der Waals surface area (Å²) in [6.07, 6.45) is 0.917. The molecule has 0 amide bonds. The lowest BCUT2D eigenvalue weighted by Gasteiger charge is -2.00. The molecule has 1 aliphatic rings. The van der Waals surface area contributed by atoms with Gasteiger partial charge >= 0.3 is 5.97 Å². The molecule has 2 heterocycles. The Bertz CT molecular complexity index is 588. The molecule has 0 radical (unpaired) electrons. The Morgan fingerprint density at radius 1 is 1.37 bits per heavy atom. The van der Waals surface area contributed by atoms with Crippen LogP contribution in [0.5, 0.6) is 0 Å². The minimum absolute atomic E-state index is 0.151. The molecule has 19 heavy (non-hydrogen) atoms. The van der Waals surface area contributed by atoms with Crippen molar-refractivity contribution < 1.29 is 14.6 Å². The summed E-state index contributed by atoms with van der Waals surface area (Å²) in [5.41, 5.74) is 1.06. The van der Waals surface area contributed by atoms with Crippen LogP contribution in [0.4, 0.5) is 0 Å². The summed E-state index contributed by atoms with van der Waals surface area (Å²) < 4.78 is 5.35. The molecule has 1 N–H and O–H groups in total. The van der Waals surface area contributed by atoms with E-state index in [0.29, 0.717) is 6.61 Å². The van der Waals surface area contributed by atoms with Gasteiger partial charge in [-0.3, -0.25) is 0 Å². The molecule has 1 atom stereocenters. The number of hydrogen-bond acceptors (Lipinski definition) is 4. The number of nitrogens with zero attached hydrogens (tertiary/aromatic N) is 1. The highest BCUT2D eigenvalue weighted by atomic mass is 32.1. The number of thiazole rings is 1. The Morgan fingerprint density at radius 2 is 2.16 bits per heavy atom. The van der Waals surface area contributed by atoms with Crippen LogP contribution < -0.4 is 0 Å². The van der Waals surface area contributed by atoms with Gasteiger partial charge in [-0.25, -0.2) is 9.78 Å². The summed E-state index contributed by atoms with van der Waals surface area (Å²) in [5, 5.41) is 10.2. The van der Waals surface area contributed by atoms with Crippen LogP contribution in [0, 0.1) is 0 Å². The van der Waals surface area contributed by atoms with Crippen molar-refractivity contribution in [1.29, 1.82) is 0 Å². The summed E-state index contributed by atoms with van der Waals surface area (Å²) in [5.74, 6) is -0.735. The number of aromatic carboxylic acids is 1. The van der Waals surface area contributed by atoms with Gasteiger partial charge in [0.05, 0.1) is 16.5 Å². The lowest BCUT2D eigenvalue weighted by atomic mass is 10.1. The third-order valence-electron chi connectivity index (χ3n) is 3.16. The Balaban J connectivity index is 2.05. The monoisotopic (exact) mass is 275 g/mol. The molecule has 5 heteroatoms. The highest BCUT2D eigenvalue weighted by Crippen LogP contribution is 2.36. The second-order valence-electron chi connectivity index (χ2n) is 4.46. The van der Waals surface area contributed by atoms with Crippen molar-refractivity contribution in [3.8, 4) is 10.4 Å². The lowest BCUT2D eigenvalue weighted by molar-refractivity contribution is 0.0692. The van der Waals surface area contributed by atoms with Gasteiger partial charge in [-0.1, -0.05) is 30.3 Å². The molecule has 2 aromatic rings. The van der Waals surface area contributed by atoms with E-state index < -0.39 is 5.97 Å². The Kier molecular flexibility index (Phi) is 3.31. The third-order valence-corrected chi connectivity index (χ3v) is 4.43. The van der Waals surface area contributed by atoms with Crippen LogP contribution in [0.2, 0.25) is 0 Å². The Hall–Kier alpha value is -1.72. The van der Waals surface area contributed by atoms with Gasteiger partial charge < -0.3 is 9.84 Å². The maximum atomic E-state index is 11.3. The first kappa shape index (κ1) is 12.3. The largest absolute Gasteiger partial charge is 0.476 e. The van der Waals surface area contributed by atoms with Crippen molar-refractivity contribution in [3.05, 3.63) is 41.0 Å². The van der Waals surface area contributed by atoms with Crippen LogP contribution in [-0.4, -0.2) is 29.3 Å². The van der Waals surface area contributed by atoms with Crippen LogP contribution in [0.15, 0.2) is 30.3 Å². The number of carboxylic acids is 1. The number of hydrogen-bond donors (Lipinski definition) is 1. The molecule has 1 unspecified atom stereocenters. The smallest absolute Gasteiger partial charge is 0.356 e. The van der Waals surface area contributed by atoms with Crippen LogP contribution >= 0.6 is 11.3 Å². The van der Waals surface area contributed by atoms with Crippen LogP contribution in [-0.2, 0) is 4.74 Å². The second-order valence-corrected chi connectivity index (χ2v) is 5.49. The van der Waals surface area contributed by atoms with E-state index in [2.05, 4.69) is 4.98 Å². The third kappa shape index (κ3) is 2.39. The minimum atomic E-state index is -0.972. The summed E-state index contributed by atoms with van der Waals surface area (Å²) in [6.45, 7) is 1.37. The van der Waals surface area contributed by atoms with Gasteiger partial charge in [-0.05, 0) is 12.0 Å². The van der Waals surface area contributed by atoms with Gasteiger partial charge in [0.25, 0.3) is 0 Å². The standard InChI is InChI=1S/C14H13NO3S/c16-14(17)11-12(9-4-2-1-3-5-9)19-13(15-11)10-6-7-18-8-10/h1-5,10H,6-8H2,(H,16,17). The molecule has 0 saturated carbocycles. The molecule has 0 spiro atoms. The first-order valence-corrected chi connectivity index (χ1v) is 6.94. The van der Waals surface area contributed by atoms with Crippen molar-refractivity contribution in [3.63, 3.8) is 0 Å². The summed E-state index contributed by atoms with van der Waals surface area (Å²) in [4.78, 5) is 16.4. The Morgan fingerprint density at radius 3 is 2.79 bits per heavy atom. The van der Waals surface area contributed by atoms with Crippen LogP contribution in [0.3, 0.4) is 0 Å². The fourth-order valence-corrected chi connectivity index (χ4v) is 3.35. The van der Waals surface area contributed by atoms with E-state index >= 15 is 0 Å². The van der Waals surface area contributed by atoms with Crippen molar-refractivity contribution in [1.82, 2.24) is 4.98 Å². The molecule has 1 saturated heterocycles. The molecule has 1 aromatic carbocycles. The number of carbonyl (C=O) groups is 1. The van der Waals surface area contributed by atoms with Gasteiger partial charge in [0.15, 0.2) is 5.69 Å². The number of ether oxygens (including phenoxy) is 1. The predicted octanol–water partition coefficient (Wildman–Crippen LogP) is 3.01. The second kappa shape index (κ2) is 5.11. The highest BCUT2D eigenvalue weighted by molar-refractivity contribution is 7.15. The molecule has 1 fully saturated rings. The molecule has 0 bridgehead atoms. The molecule has 1 aliphatic heterocycles. The zero-order valence-electron chi connectivity index (χ0n) is 10.2. The SMILES string of the molecule is O=C(O)c1nc(C2CCOC2)sc1-c1ccccc1. The van der Waals surface area contributed by atoms with E-state index in [9.17, 15) is 9.90 Å². The number of benzene rings is 1. The van der Waals surface area contributed by atoms with Crippen LogP contribution in [0.25, 0.3) is 10.4 Å². The molecular formula is C14H13NO3S. The first-order valence-electron chi connectivity index (χ1n) is 6.13. The molecule has 98 valence electrons. The fraction of sp³-hybridized carbons (Fsp3) is 0.286. The summed E-state index contributed by atoms with van der Waals surface area (Å²) in [6, 6.07) is 9.54. The average Bonchev–Trinajstić information content (AvgIpc) is 3.08. The quantitative estimate of drug-likeness (QED) is 0.935. The van der Waals surface area contributed by atoms with Gasteiger partial charge in [-0.15, -0.1) is 11.3 Å². The lowest BCUT2D eigenvalue weighted by Crippen LogP contribution is -2.01. The van der Waals surface area contributed by atoms with E-state index in [-0.39, 0.29) is 11.6 Å². The summed E-state index contributed by atoms with van der Waals surface area (Å²) >= 11 is 1.47. The van der Waals surface area contributed by atoms with E-state index in [4.69, 9.17) is 4.74 Å².